The molecular weight excluding hydrogens is 568 g/mol. The maximum absolute atomic E-state index is 14.2. The third-order valence-electron chi connectivity index (χ3n) is 9.50. The number of phenols is 1. The number of nitrogens with zero attached hydrogens (tertiary/aromatic N) is 1. The molecule has 3 aliphatic carbocycles. The highest BCUT2D eigenvalue weighted by molar-refractivity contribution is 6.24. The summed E-state index contributed by atoms with van der Waals surface area (Å²) in [5, 5.41) is 59.3. The molecular formula is C33H30N2O9. The molecule has 0 aromatic heterocycles. The molecule has 11 nitrogen and oxygen atoms in total. The van der Waals surface area contributed by atoms with Crippen LogP contribution >= 0.6 is 0 Å². The van der Waals surface area contributed by atoms with Crippen molar-refractivity contribution in [2.75, 3.05) is 14.1 Å². The van der Waals surface area contributed by atoms with Crippen LogP contribution in [0.1, 0.15) is 34.3 Å². The predicted octanol–water partition coefficient (Wildman–Crippen LogP) is 2.13. The van der Waals surface area contributed by atoms with Gasteiger partial charge in [0, 0.05) is 22.6 Å². The molecule has 6 atom stereocenters. The smallest absolute Gasteiger partial charge is 0.255 e. The van der Waals surface area contributed by atoms with E-state index in [1.807, 2.05) is 0 Å². The lowest BCUT2D eigenvalue weighted by molar-refractivity contribution is -0.169. The van der Waals surface area contributed by atoms with Crippen LogP contribution in [0.4, 0.5) is 0 Å². The number of phenolic OH excluding ortho intramolecular Hbond substituents is 1. The molecule has 3 aromatic carbocycles. The van der Waals surface area contributed by atoms with E-state index in [-0.39, 0.29) is 16.9 Å². The zero-order valence-corrected chi connectivity index (χ0v) is 24.0. The number of carbonyl (C=O) groups excluding carboxylic acids is 4. The molecule has 1 amide bonds. The number of nitrogens with two attached hydrogens (primary N) is 1. The van der Waals surface area contributed by atoms with Crippen LogP contribution in [0.25, 0.3) is 27.7 Å². The van der Waals surface area contributed by atoms with Crippen molar-refractivity contribution in [1.82, 2.24) is 4.90 Å². The van der Waals surface area contributed by atoms with Crippen molar-refractivity contribution in [3.05, 3.63) is 82.1 Å². The van der Waals surface area contributed by atoms with Crippen molar-refractivity contribution in [3.63, 3.8) is 0 Å². The quantitative estimate of drug-likeness (QED) is 0.191. The van der Waals surface area contributed by atoms with Crippen molar-refractivity contribution >= 4 is 40.3 Å². The Kier molecular flexibility index (Phi) is 6.54. The summed E-state index contributed by atoms with van der Waals surface area (Å²) >= 11 is 0. The molecule has 3 aromatic rings. The average molecular weight is 599 g/mol. The maximum Gasteiger partial charge on any atom is 0.255 e. The van der Waals surface area contributed by atoms with Gasteiger partial charge in [-0.3, -0.25) is 24.1 Å². The number of amides is 1. The van der Waals surface area contributed by atoms with Crippen molar-refractivity contribution < 1.29 is 44.7 Å². The third kappa shape index (κ3) is 3.60. The first kappa shape index (κ1) is 29.2. The Bertz CT molecular complexity index is 1890. The van der Waals surface area contributed by atoms with Gasteiger partial charge in [0.15, 0.2) is 17.7 Å². The number of hydrogen-bond acceptors (Lipinski definition) is 10. The van der Waals surface area contributed by atoms with Crippen molar-refractivity contribution in [1.29, 1.82) is 0 Å². The third-order valence-corrected chi connectivity index (χ3v) is 9.50. The Morgan fingerprint density at radius 1 is 0.977 bits per heavy atom. The average Bonchev–Trinajstić information content (AvgIpc) is 2.98. The summed E-state index contributed by atoms with van der Waals surface area (Å²) in [5.74, 6) is -9.47. The topological polar surface area (TPSA) is 199 Å². The molecule has 0 aliphatic heterocycles. The van der Waals surface area contributed by atoms with Crippen LogP contribution in [0.3, 0.4) is 0 Å². The first-order valence-electron chi connectivity index (χ1n) is 13.9. The number of likely N-dealkylation sites (N-methyl/N-ethyl adjacent to an activating group) is 1. The Morgan fingerprint density at radius 3 is 2.23 bits per heavy atom. The number of aromatic hydroxyl groups is 1. The van der Waals surface area contributed by atoms with E-state index in [2.05, 4.69) is 0 Å². The second kappa shape index (κ2) is 9.84. The number of rotatable bonds is 4. The molecule has 0 saturated heterocycles. The molecule has 6 unspecified atom stereocenters. The number of fused-ring (bicyclic) bond motifs is 4. The van der Waals surface area contributed by atoms with Gasteiger partial charge in [-0.1, -0.05) is 55.5 Å². The Morgan fingerprint density at radius 2 is 1.61 bits per heavy atom. The van der Waals surface area contributed by atoms with E-state index in [9.17, 15) is 44.7 Å². The fourth-order valence-corrected chi connectivity index (χ4v) is 7.49. The fourth-order valence-electron chi connectivity index (χ4n) is 7.49. The molecule has 1 fully saturated rings. The monoisotopic (exact) mass is 598 g/mol. The molecule has 0 heterocycles. The lowest BCUT2D eigenvalue weighted by Crippen LogP contribution is -2.70. The van der Waals surface area contributed by atoms with E-state index in [1.54, 1.807) is 55.5 Å². The summed E-state index contributed by atoms with van der Waals surface area (Å²) in [4.78, 5) is 52.7. The largest absolute Gasteiger partial charge is 0.508 e. The molecule has 44 heavy (non-hydrogen) atoms. The highest BCUT2D eigenvalue weighted by Crippen LogP contribution is 2.57. The van der Waals surface area contributed by atoms with Crippen molar-refractivity contribution in [3.8, 4) is 16.9 Å². The second-order valence-electron chi connectivity index (χ2n) is 11.8. The number of primary amides is 1. The zero-order chi connectivity index (χ0) is 32.0. The van der Waals surface area contributed by atoms with Gasteiger partial charge in [0.25, 0.3) is 5.91 Å². The summed E-state index contributed by atoms with van der Waals surface area (Å²) in [6.07, 6.45) is -0.949. The highest BCUT2D eigenvalue weighted by Gasteiger charge is 2.68. The number of Topliss-reactive ketones (excluding diaryl/α,β-unsaturated/α-hetero) is 2. The Hall–Kier alpha value is -4.84. The molecule has 6 rings (SSSR count). The van der Waals surface area contributed by atoms with Crippen LogP contribution < -0.4 is 5.73 Å². The number of aliphatic hydroxyl groups excluding tert-OH is 3. The number of hydrogen-bond donors (Lipinski definition) is 6. The van der Waals surface area contributed by atoms with Gasteiger partial charge in [0.2, 0.25) is 5.78 Å². The molecule has 3 aliphatic rings. The van der Waals surface area contributed by atoms with Gasteiger partial charge in [0.1, 0.15) is 22.8 Å². The minimum absolute atomic E-state index is 0.109. The minimum Gasteiger partial charge on any atom is -0.508 e. The fraction of sp³-hybridized carbons (Fsp3) is 0.273. The maximum atomic E-state index is 14.2. The number of ketones is 2. The van der Waals surface area contributed by atoms with Gasteiger partial charge >= 0.3 is 0 Å². The van der Waals surface area contributed by atoms with E-state index in [4.69, 9.17) is 5.73 Å². The van der Waals surface area contributed by atoms with Crippen molar-refractivity contribution in [2.24, 2.45) is 17.6 Å². The first-order chi connectivity index (χ1) is 20.8. The number of carbonyl (C=O) groups is 4. The Balaban J connectivity index is 1.61. The standard InChI is InChI=1S/C33H30N2O9/c1-13-15-10-11-19(18-9-8-14(12-36)16-6-4-5-7-17(16)18)26(37)21(15)27(38)22-20(13)28(39)24-25(35(2)3)29(40)23(32(34)43)31(42)33(24,44)30(22)41/h4-13,20,24-25,28,37-39,42,44H,1-3H3,(H2,34,43). The van der Waals surface area contributed by atoms with Crippen molar-refractivity contribution in [2.45, 2.75) is 30.6 Å². The van der Waals surface area contributed by atoms with Gasteiger partial charge in [-0.2, -0.15) is 0 Å². The van der Waals surface area contributed by atoms with Crippen LogP contribution in [0.2, 0.25) is 0 Å². The molecule has 11 heteroatoms. The van der Waals surface area contributed by atoms with E-state index in [0.717, 1.165) is 6.29 Å². The first-order valence-corrected chi connectivity index (χ1v) is 13.9. The van der Waals surface area contributed by atoms with Crippen LogP contribution in [0.5, 0.6) is 5.75 Å². The van der Waals surface area contributed by atoms with E-state index in [0.29, 0.717) is 27.5 Å². The molecule has 0 radical (unpaired) electrons. The SMILES string of the molecule is CC1c2ccc(-c3ccc(C=O)c4ccccc34)c(O)c2C(O)=C2C(=O)C3(O)C(O)=C(C(N)=O)C(=O)C(N(C)C)C3C(O)C21. The minimum atomic E-state index is -2.99. The molecule has 226 valence electrons. The summed E-state index contributed by atoms with van der Waals surface area (Å²) in [6, 6.07) is 12.2. The Labute approximate surface area is 251 Å². The number of aldehydes is 1. The van der Waals surface area contributed by atoms with Crippen LogP contribution in [-0.2, 0) is 14.4 Å². The normalized spacial score (nSPS) is 28.2. The summed E-state index contributed by atoms with van der Waals surface area (Å²) in [7, 11) is 2.91. The summed E-state index contributed by atoms with van der Waals surface area (Å²) in [6.45, 7) is 1.67. The van der Waals surface area contributed by atoms with Crippen LogP contribution in [-0.4, -0.2) is 86.0 Å². The van der Waals surface area contributed by atoms with Gasteiger partial charge in [-0.05, 0) is 41.9 Å². The van der Waals surface area contributed by atoms with Gasteiger partial charge in [-0.15, -0.1) is 0 Å². The second-order valence-corrected chi connectivity index (χ2v) is 11.8. The van der Waals surface area contributed by atoms with E-state index < -0.39 is 75.6 Å². The van der Waals surface area contributed by atoms with E-state index in [1.165, 1.54) is 19.0 Å². The summed E-state index contributed by atoms with van der Waals surface area (Å²) in [5.41, 5.74) is 2.50. The van der Waals surface area contributed by atoms with Crippen LogP contribution in [0.15, 0.2) is 65.4 Å². The van der Waals surface area contributed by atoms with Gasteiger partial charge in [-0.25, -0.2) is 0 Å². The lowest BCUT2D eigenvalue weighted by Gasteiger charge is -2.53. The molecule has 0 spiro atoms. The van der Waals surface area contributed by atoms with Gasteiger partial charge in [0.05, 0.1) is 23.6 Å². The van der Waals surface area contributed by atoms with E-state index >= 15 is 0 Å². The predicted molar refractivity (Wildman–Crippen MR) is 159 cm³/mol. The molecule has 1 saturated carbocycles. The molecule has 7 N–H and O–H groups in total. The molecule has 0 bridgehead atoms. The summed E-state index contributed by atoms with van der Waals surface area (Å²) < 4.78 is 0. The zero-order valence-electron chi connectivity index (χ0n) is 24.0. The van der Waals surface area contributed by atoms with Crippen LogP contribution in [0, 0.1) is 11.8 Å². The lowest BCUT2D eigenvalue weighted by atomic mass is 9.54. The number of benzene rings is 3. The number of aliphatic hydroxyl groups is 4. The van der Waals surface area contributed by atoms with Gasteiger partial charge < -0.3 is 31.3 Å². The highest BCUT2D eigenvalue weighted by atomic mass is 16.4.